The van der Waals surface area contributed by atoms with Crippen LogP contribution in [0.1, 0.15) is 16.7 Å². The van der Waals surface area contributed by atoms with Crippen molar-refractivity contribution in [1.82, 2.24) is 9.55 Å². The monoisotopic (exact) mass is 440 g/mol. The molecule has 3 aromatic carbocycles. The van der Waals surface area contributed by atoms with Crippen LogP contribution in [0.4, 0.5) is 5.69 Å². The van der Waals surface area contributed by atoms with Gasteiger partial charge in [-0.3, -0.25) is 14.2 Å². The Morgan fingerprint density at radius 2 is 1.88 bits per heavy atom. The minimum Gasteiger partial charge on any atom is -0.325 e. The Kier molecular flexibility index (Phi) is 6.34. The normalized spacial score (nSPS) is 10.6. The highest BCUT2D eigenvalue weighted by molar-refractivity contribution is 7.99. The van der Waals surface area contributed by atoms with Gasteiger partial charge in [-0.15, -0.1) is 0 Å². The second kappa shape index (κ2) is 9.50. The molecule has 158 valence electrons. The second-order valence-electron chi connectivity index (χ2n) is 7.32. The zero-order valence-corrected chi connectivity index (χ0v) is 18.2. The standard InChI is InChI=1S/C25H20N4O2S/c1-17-9-11-18(12-10-17)15-29-24(31)21-7-2-3-8-22(21)28-25(29)32-16-23(30)27-20-6-4-5-19(13-20)14-26/h2-13H,15-16H2,1H3,(H,27,30). The lowest BCUT2D eigenvalue weighted by Crippen LogP contribution is -2.25. The molecule has 0 aliphatic heterocycles. The molecule has 4 rings (SSSR count). The zero-order chi connectivity index (χ0) is 22.5. The summed E-state index contributed by atoms with van der Waals surface area (Å²) in [7, 11) is 0. The van der Waals surface area contributed by atoms with Gasteiger partial charge >= 0.3 is 0 Å². The molecule has 0 spiro atoms. The molecule has 0 unspecified atom stereocenters. The summed E-state index contributed by atoms with van der Waals surface area (Å²) in [6.45, 7) is 2.38. The van der Waals surface area contributed by atoms with Gasteiger partial charge in [0.2, 0.25) is 5.91 Å². The van der Waals surface area contributed by atoms with Crippen LogP contribution >= 0.6 is 11.8 Å². The van der Waals surface area contributed by atoms with Gasteiger partial charge in [-0.1, -0.05) is 59.8 Å². The van der Waals surface area contributed by atoms with Crippen LogP contribution in [0.2, 0.25) is 0 Å². The third-order valence-electron chi connectivity index (χ3n) is 4.90. The third kappa shape index (κ3) is 4.88. The van der Waals surface area contributed by atoms with Crippen LogP contribution in [0, 0.1) is 18.3 Å². The summed E-state index contributed by atoms with van der Waals surface area (Å²) in [6, 6.07) is 24.0. The maximum Gasteiger partial charge on any atom is 0.262 e. The van der Waals surface area contributed by atoms with E-state index in [0.717, 1.165) is 11.1 Å². The van der Waals surface area contributed by atoms with Gasteiger partial charge in [-0.25, -0.2) is 4.98 Å². The van der Waals surface area contributed by atoms with Crippen molar-refractivity contribution in [2.24, 2.45) is 0 Å². The Balaban J connectivity index is 1.60. The van der Waals surface area contributed by atoms with Crippen molar-refractivity contribution in [3.05, 3.63) is 99.8 Å². The Hall–Kier alpha value is -3.89. The minimum absolute atomic E-state index is 0.0788. The lowest BCUT2D eigenvalue weighted by molar-refractivity contribution is -0.113. The number of nitrogens with zero attached hydrogens (tertiary/aromatic N) is 3. The van der Waals surface area contributed by atoms with Crippen molar-refractivity contribution >= 4 is 34.3 Å². The summed E-state index contributed by atoms with van der Waals surface area (Å²) >= 11 is 1.21. The summed E-state index contributed by atoms with van der Waals surface area (Å²) in [6.07, 6.45) is 0. The number of amides is 1. The Bertz CT molecular complexity index is 1390. The van der Waals surface area contributed by atoms with E-state index in [-0.39, 0.29) is 17.2 Å². The summed E-state index contributed by atoms with van der Waals surface area (Å²) < 4.78 is 1.61. The molecule has 1 aromatic heterocycles. The molecule has 6 nitrogen and oxygen atoms in total. The van der Waals surface area contributed by atoms with E-state index < -0.39 is 0 Å². The number of thioether (sulfide) groups is 1. The molecule has 0 bridgehead atoms. The number of hydrogen-bond donors (Lipinski definition) is 1. The molecular formula is C25H20N4O2S. The van der Waals surface area contributed by atoms with E-state index in [9.17, 15) is 9.59 Å². The smallest absolute Gasteiger partial charge is 0.262 e. The Labute approximate surface area is 189 Å². The predicted molar refractivity (Wildman–Crippen MR) is 127 cm³/mol. The number of carbonyl (C=O) groups excluding carboxylic acids is 1. The third-order valence-corrected chi connectivity index (χ3v) is 5.87. The van der Waals surface area contributed by atoms with E-state index in [1.54, 1.807) is 41.0 Å². The first-order valence-corrected chi connectivity index (χ1v) is 11.0. The maximum atomic E-state index is 13.2. The fourth-order valence-corrected chi connectivity index (χ4v) is 4.07. The summed E-state index contributed by atoms with van der Waals surface area (Å²) in [5.74, 6) is -0.162. The highest BCUT2D eigenvalue weighted by atomic mass is 32.2. The molecule has 0 radical (unpaired) electrons. The first kappa shape index (κ1) is 21.3. The molecule has 0 aliphatic rings. The Morgan fingerprint density at radius 3 is 2.66 bits per heavy atom. The number of benzene rings is 3. The van der Waals surface area contributed by atoms with E-state index in [1.165, 1.54) is 11.8 Å². The van der Waals surface area contributed by atoms with E-state index in [0.29, 0.717) is 33.9 Å². The molecule has 4 aromatic rings. The van der Waals surface area contributed by atoms with E-state index >= 15 is 0 Å². The first-order valence-electron chi connectivity index (χ1n) is 10.0. The van der Waals surface area contributed by atoms with Gasteiger partial charge in [0.1, 0.15) is 0 Å². The van der Waals surface area contributed by atoms with Gasteiger partial charge in [-0.05, 0) is 42.8 Å². The van der Waals surface area contributed by atoms with Gasteiger partial charge in [0.15, 0.2) is 5.16 Å². The number of rotatable bonds is 6. The predicted octanol–water partition coefficient (Wildman–Crippen LogP) is 4.36. The van der Waals surface area contributed by atoms with E-state index in [1.807, 2.05) is 43.3 Å². The molecule has 1 N–H and O–H groups in total. The highest BCUT2D eigenvalue weighted by Crippen LogP contribution is 2.20. The topological polar surface area (TPSA) is 87.8 Å². The van der Waals surface area contributed by atoms with Crippen LogP contribution in [0.3, 0.4) is 0 Å². The number of aromatic nitrogens is 2. The number of fused-ring (bicyclic) bond motifs is 1. The number of nitriles is 1. The molecule has 0 saturated carbocycles. The van der Waals surface area contributed by atoms with E-state index in [2.05, 4.69) is 16.4 Å². The minimum atomic E-state index is -0.241. The van der Waals surface area contributed by atoms with Crippen molar-refractivity contribution in [3.8, 4) is 6.07 Å². The maximum absolute atomic E-state index is 13.2. The number of hydrogen-bond acceptors (Lipinski definition) is 5. The number of para-hydroxylation sites is 1. The lowest BCUT2D eigenvalue weighted by Gasteiger charge is -2.13. The first-order chi connectivity index (χ1) is 15.5. The van der Waals surface area contributed by atoms with Crippen molar-refractivity contribution < 1.29 is 4.79 Å². The average molecular weight is 441 g/mol. The van der Waals surface area contributed by atoms with Crippen LogP contribution in [-0.2, 0) is 11.3 Å². The largest absolute Gasteiger partial charge is 0.325 e. The summed E-state index contributed by atoms with van der Waals surface area (Å²) in [5.41, 5.74) is 3.61. The zero-order valence-electron chi connectivity index (χ0n) is 17.4. The molecular weight excluding hydrogens is 420 g/mol. The quantitative estimate of drug-likeness (QED) is 0.356. The van der Waals surface area contributed by atoms with Crippen molar-refractivity contribution in [2.45, 2.75) is 18.6 Å². The van der Waals surface area contributed by atoms with Crippen LogP contribution in [0.15, 0.2) is 82.7 Å². The van der Waals surface area contributed by atoms with E-state index in [4.69, 9.17) is 5.26 Å². The van der Waals surface area contributed by atoms with Crippen LogP contribution in [-0.4, -0.2) is 21.2 Å². The molecule has 7 heteroatoms. The Morgan fingerprint density at radius 1 is 1.09 bits per heavy atom. The fourth-order valence-electron chi connectivity index (χ4n) is 3.27. The van der Waals surface area contributed by atoms with Crippen molar-refractivity contribution in [2.75, 3.05) is 11.1 Å². The summed E-state index contributed by atoms with van der Waals surface area (Å²) in [5, 5.41) is 12.8. The molecule has 1 heterocycles. The van der Waals surface area contributed by atoms with Crippen LogP contribution < -0.4 is 10.9 Å². The number of aryl methyl sites for hydroxylation is 1. The van der Waals surface area contributed by atoms with Crippen LogP contribution in [0.25, 0.3) is 10.9 Å². The van der Waals surface area contributed by atoms with Crippen molar-refractivity contribution in [3.63, 3.8) is 0 Å². The highest BCUT2D eigenvalue weighted by Gasteiger charge is 2.14. The van der Waals surface area contributed by atoms with Gasteiger partial charge in [0.05, 0.1) is 34.8 Å². The summed E-state index contributed by atoms with van der Waals surface area (Å²) in [4.78, 5) is 30.4. The van der Waals surface area contributed by atoms with Gasteiger partial charge in [-0.2, -0.15) is 5.26 Å². The molecule has 32 heavy (non-hydrogen) atoms. The van der Waals surface area contributed by atoms with Gasteiger partial charge in [0.25, 0.3) is 5.56 Å². The molecule has 0 saturated heterocycles. The van der Waals surface area contributed by atoms with Gasteiger partial charge < -0.3 is 5.32 Å². The number of carbonyl (C=O) groups is 1. The number of nitrogens with one attached hydrogen (secondary N) is 1. The fraction of sp³-hybridized carbons (Fsp3) is 0.120. The average Bonchev–Trinajstić information content (AvgIpc) is 2.81. The van der Waals surface area contributed by atoms with Gasteiger partial charge in [0, 0.05) is 5.69 Å². The lowest BCUT2D eigenvalue weighted by atomic mass is 10.1. The van der Waals surface area contributed by atoms with Crippen LogP contribution in [0.5, 0.6) is 0 Å². The SMILES string of the molecule is Cc1ccc(Cn2c(SCC(=O)Nc3cccc(C#N)c3)nc3ccccc3c2=O)cc1. The molecule has 0 atom stereocenters. The molecule has 1 amide bonds. The van der Waals surface area contributed by atoms with Crippen molar-refractivity contribution in [1.29, 1.82) is 5.26 Å². The second-order valence-corrected chi connectivity index (χ2v) is 8.26. The molecule has 0 aliphatic carbocycles. The number of anilines is 1. The molecule has 0 fully saturated rings.